The third kappa shape index (κ3) is 3.43. The molecule has 7 nitrogen and oxygen atoms in total. The number of hydrogen-bond donors (Lipinski definition) is 1. The molecule has 1 N–H and O–H groups in total. The van der Waals surface area contributed by atoms with Gasteiger partial charge < -0.3 is 10.1 Å². The van der Waals surface area contributed by atoms with Crippen molar-refractivity contribution in [1.82, 2.24) is 9.78 Å². The maximum absolute atomic E-state index is 12.4. The van der Waals surface area contributed by atoms with Gasteiger partial charge in [-0.1, -0.05) is 6.07 Å². The Morgan fingerprint density at radius 2 is 2.17 bits per heavy atom. The summed E-state index contributed by atoms with van der Waals surface area (Å²) in [5, 5.41) is 7.07. The predicted molar refractivity (Wildman–Crippen MR) is 90.2 cm³/mol. The van der Waals surface area contributed by atoms with Crippen LogP contribution in [0.25, 0.3) is 0 Å². The number of benzene rings is 1. The first-order valence-corrected chi connectivity index (χ1v) is 9.42. The lowest BCUT2D eigenvalue weighted by Gasteiger charge is -2.10. The number of nitrogens with zero attached hydrogens (tertiary/aromatic N) is 2. The predicted octanol–water partition coefficient (Wildman–Crippen LogP) is 1.81. The fourth-order valence-corrected chi connectivity index (χ4v) is 4.52. The van der Waals surface area contributed by atoms with Crippen LogP contribution in [0.15, 0.2) is 30.3 Å². The topological polar surface area (TPSA) is 90.3 Å². The highest BCUT2D eigenvalue weighted by atomic mass is 32.2. The Morgan fingerprint density at radius 3 is 2.83 bits per heavy atom. The van der Waals surface area contributed by atoms with Crippen LogP contribution in [0.4, 0.5) is 5.69 Å². The number of hydrogen-bond acceptors (Lipinski definition) is 5. The second-order valence-corrected chi connectivity index (χ2v) is 8.09. The lowest BCUT2D eigenvalue weighted by Crippen LogP contribution is -2.16. The normalized spacial score (nSPS) is 19.2. The van der Waals surface area contributed by atoms with Crippen molar-refractivity contribution in [3.8, 4) is 5.75 Å². The molecular weight excluding hydrogens is 330 g/mol. The maximum atomic E-state index is 12.4. The molecule has 0 radical (unpaired) electrons. The van der Waals surface area contributed by atoms with E-state index < -0.39 is 9.84 Å². The average molecular weight is 349 g/mol. The number of carbonyl (C=O) groups is 1. The highest BCUT2D eigenvalue weighted by Gasteiger charge is 2.31. The number of rotatable bonds is 4. The minimum absolute atomic E-state index is 0.0759. The number of nitrogens with one attached hydrogen (secondary N) is 1. The monoisotopic (exact) mass is 349 g/mol. The number of methoxy groups -OCH3 is 1. The standard InChI is InChI=1S/C16H19N3O4S/c1-11-8-15(18-19(11)13-6-7-24(21,22)10-13)16(20)17-12-4-3-5-14(9-12)23-2/h3-5,8-9,13H,6-7,10H2,1-2H3,(H,17,20). The van der Waals surface area contributed by atoms with Crippen LogP contribution in [0.1, 0.15) is 28.6 Å². The smallest absolute Gasteiger partial charge is 0.276 e. The van der Waals surface area contributed by atoms with Crippen molar-refractivity contribution >= 4 is 21.4 Å². The van der Waals surface area contributed by atoms with Crippen molar-refractivity contribution in [3.05, 3.63) is 41.7 Å². The number of carbonyl (C=O) groups excluding carboxylic acids is 1. The summed E-state index contributed by atoms with van der Waals surface area (Å²) in [6.45, 7) is 1.82. The minimum atomic E-state index is -3.00. The molecule has 2 heterocycles. The van der Waals surface area contributed by atoms with Crippen LogP contribution in [0.2, 0.25) is 0 Å². The zero-order valence-corrected chi connectivity index (χ0v) is 14.3. The molecule has 0 bridgehead atoms. The maximum Gasteiger partial charge on any atom is 0.276 e. The summed E-state index contributed by atoms with van der Waals surface area (Å²) in [5.74, 6) is 0.547. The van der Waals surface area contributed by atoms with Gasteiger partial charge in [-0.3, -0.25) is 9.48 Å². The molecule has 24 heavy (non-hydrogen) atoms. The van der Waals surface area contributed by atoms with Crippen molar-refractivity contribution < 1.29 is 17.9 Å². The first-order valence-electron chi connectivity index (χ1n) is 7.60. The van der Waals surface area contributed by atoms with E-state index in [1.165, 1.54) is 0 Å². The van der Waals surface area contributed by atoms with Gasteiger partial charge in [0.15, 0.2) is 15.5 Å². The second kappa shape index (κ2) is 6.27. The Morgan fingerprint density at radius 1 is 1.38 bits per heavy atom. The molecule has 128 valence electrons. The van der Waals surface area contributed by atoms with Crippen LogP contribution in [-0.2, 0) is 9.84 Å². The lowest BCUT2D eigenvalue weighted by molar-refractivity contribution is 0.102. The minimum Gasteiger partial charge on any atom is -0.497 e. The fourth-order valence-electron chi connectivity index (χ4n) is 2.83. The first-order chi connectivity index (χ1) is 11.4. The SMILES string of the molecule is COc1cccc(NC(=O)c2cc(C)n(C3CCS(=O)(=O)C3)n2)c1. The largest absolute Gasteiger partial charge is 0.497 e. The van der Waals surface area contributed by atoms with E-state index in [1.54, 1.807) is 42.1 Å². The molecule has 1 fully saturated rings. The van der Waals surface area contributed by atoms with E-state index in [9.17, 15) is 13.2 Å². The van der Waals surface area contributed by atoms with Gasteiger partial charge >= 0.3 is 0 Å². The van der Waals surface area contributed by atoms with Gasteiger partial charge in [-0.15, -0.1) is 0 Å². The van der Waals surface area contributed by atoms with Gasteiger partial charge in [-0.25, -0.2) is 8.42 Å². The third-order valence-electron chi connectivity index (χ3n) is 4.04. The summed E-state index contributed by atoms with van der Waals surface area (Å²) in [6, 6.07) is 8.50. The van der Waals surface area contributed by atoms with Crippen LogP contribution < -0.4 is 10.1 Å². The highest BCUT2D eigenvalue weighted by Crippen LogP contribution is 2.25. The van der Waals surface area contributed by atoms with E-state index in [2.05, 4.69) is 10.4 Å². The second-order valence-electron chi connectivity index (χ2n) is 5.86. The van der Waals surface area contributed by atoms with Crippen molar-refractivity contribution in [2.75, 3.05) is 23.9 Å². The van der Waals surface area contributed by atoms with Crippen molar-refractivity contribution in [3.63, 3.8) is 0 Å². The zero-order valence-electron chi connectivity index (χ0n) is 13.5. The van der Waals surface area contributed by atoms with E-state index in [0.717, 1.165) is 5.69 Å². The Balaban J connectivity index is 1.77. The Labute approximate surface area is 140 Å². The number of anilines is 1. The van der Waals surface area contributed by atoms with Gasteiger partial charge in [-0.2, -0.15) is 5.10 Å². The molecule has 1 aliphatic rings. The molecule has 1 atom stereocenters. The van der Waals surface area contributed by atoms with E-state index in [0.29, 0.717) is 17.9 Å². The first kappa shape index (κ1) is 16.5. The molecule has 1 saturated heterocycles. The molecule has 3 rings (SSSR count). The van der Waals surface area contributed by atoms with Crippen molar-refractivity contribution in [2.45, 2.75) is 19.4 Å². The zero-order chi connectivity index (χ0) is 17.3. The molecule has 1 aliphatic heterocycles. The molecule has 1 aromatic carbocycles. The summed E-state index contributed by atoms with van der Waals surface area (Å²) >= 11 is 0. The fraction of sp³-hybridized carbons (Fsp3) is 0.375. The molecule has 0 spiro atoms. The van der Waals surface area contributed by atoms with Gasteiger partial charge in [0.25, 0.3) is 5.91 Å². The summed E-state index contributed by atoms with van der Waals surface area (Å²) in [5.41, 5.74) is 1.64. The quantitative estimate of drug-likeness (QED) is 0.909. The van der Waals surface area contributed by atoms with E-state index >= 15 is 0 Å². The molecule has 8 heteroatoms. The van der Waals surface area contributed by atoms with Crippen LogP contribution >= 0.6 is 0 Å². The molecule has 0 aliphatic carbocycles. The summed E-state index contributed by atoms with van der Waals surface area (Å²) in [6.07, 6.45) is 0.530. The number of amides is 1. The molecule has 1 aromatic heterocycles. The van der Waals surface area contributed by atoms with Gasteiger partial charge in [0.2, 0.25) is 0 Å². The van der Waals surface area contributed by atoms with Crippen LogP contribution in [0.3, 0.4) is 0 Å². The number of sulfone groups is 1. The van der Waals surface area contributed by atoms with E-state index in [-0.39, 0.29) is 29.1 Å². The Hall–Kier alpha value is -2.35. The van der Waals surface area contributed by atoms with E-state index in [4.69, 9.17) is 4.74 Å². The molecular formula is C16H19N3O4S. The van der Waals surface area contributed by atoms with E-state index in [1.807, 2.05) is 6.92 Å². The van der Waals surface area contributed by atoms with Gasteiger partial charge in [0, 0.05) is 17.4 Å². The summed E-state index contributed by atoms with van der Waals surface area (Å²) in [7, 11) is -1.45. The van der Waals surface area contributed by atoms with Gasteiger partial charge in [-0.05, 0) is 31.5 Å². The van der Waals surface area contributed by atoms with Gasteiger partial charge in [0.1, 0.15) is 5.75 Å². The summed E-state index contributed by atoms with van der Waals surface area (Å²) < 4.78 is 30.0. The molecule has 1 amide bonds. The third-order valence-corrected chi connectivity index (χ3v) is 5.79. The Bertz CT molecular complexity index is 873. The van der Waals surface area contributed by atoms with Crippen LogP contribution in [0, 0.1) is 6.92 Å². The molecule has 1 unspecified atom stereocenters. The molecule has 2 aromatic rings. The number of ether oxygens (including phenoxy) is 1. The van der Waals surface area contributed by atoms with Crippen LogP contribution in [0.5, 0.6) is 5.75 Å². The average Bonchev–Trinajstić information content (AvgIpc) is 3.10. The van der Waals surface area contributed by atoms with Crippen molar-refractivity contribution in [2.24, 2.45) is 0 Å². The number of aromatic nitrogens is 2. The summed E-state index contributed by atoms with van der Waals surface area (Å²) in [4.78, 5) is 12.4. The highest BCUT2D eigenvalue weighted by molar-refractivity contribution is 7.91. The Kier molecular flexibility index (Phi) is 4.31. The number of aryl methyl sites for hydroxylation is 1. The van der Waals surface area contributed by atoms with Gasteiger partial charge in [0.05, 0.1) is 24.7 Å². The van der Waals surface area contributed by atoms with Crippen molar-refractivity contribution in [1.29, 1.82) is 0 Å². The molecule has 0 saturated carbocycles. The van der Waals surface area contributed by atoms with Crippen LogP contribution in [-0.4, -0.2) is 42.7 Å². The lowest BCUT2D eigenvalue weighted by atomic mass is 10.2.